The van der Waals surface area contributed by atoms with E-state index in [4.69, 9.17) is 4.74 Å². The first-order valence-corrected chi connectivity index (χ1v) is 10.7. The van der Waals surface area contributed by atoms with E-state index in [0.29, 0.717) is 44.7 Å². The van der Waals surface area contributed by atoms with E-state index in [0.717, 1.165) is 23.9 Å². The molecule has 3 aliphatic heterocycles. The Morgan fingerprint density at radius 3 is 2.87 bits per heavy atom. The Kier molecular flexibility index (Phi) is 5.59. The number of carbonyl (C=O) groups is 1. The number of likely N-dealkylation sites (N-methyl/N-ethyl adjacent to an activating group) is 1. The van der Waals surface area contributed by atoms with Crippen molar-refractivity contribution in [1.29, 1.82) is 0 Å². The van der Waals surface area contributed by atoms with Gasteiger partial charge in [0.15, 0.2) is 11.6 Å². The van der Waals surface area contributed by atoms with Crippen molar-refractivity contribution in [3.63, 3.8) is 0 Å². The molecule has 1 aromatic heterocycles. The number of carbonyl (C=O) groups excluding carboxylic acids is 1. The summed E-state index contributed by atoms with van der Waals surface area (Å²) in [5.41, 5.74) is 1.54. The van der Waals surface area contributed by atoms with Gasteiger partial charge in [0.05, 0.1) is 31.4 Å². The standard InChI is InChI=1S/C21H30FN7O2/c1-6-31-19-24-10-16(22)18(26-19)25-17-14-12-29(21(3,4)15(14)9-23-17)20(30)28-8-7-27(5)13(2)11-28/h10,13H,6-9,11-12H2,1-5H3,(H,23,24,25,26)/t13-/m1/s1. The van der Waals surface area contributed by atoms with Crippen LogP contribution in [0.4, 0.5) is 15.0 Å². The number of piperazine rings is 1. The molecule has 0 radical (unpaired) electrons. The number of halogens is 1. The highest BCUT2D eigenvalue weighted by atomic mass is 19.1. The first kappa shape index (κ1) is 21.5. The van der Waals surface area contributed by atoms with Gasteiger partial charge in [0.2, 0.25) is 0 Å². The predicted octanol–water partition coefficient (Wildman–Crippen LogP) is 1.99. The summed E-state index contributed by atoms with van der Waals surface area (Å²) < 4.78 is 19.6. The highest BCUT2D eigenvalue weighted by Crippen LogP contribution is 2.39. The lowest BCUT2D eigenvalue weighted by atomic mass is 9.94. The van der Waals surface area contributed by atoms with Gasteiger partial charge < -0.3 is 24.8 Å². The van der Waals surface area contributed by atoms with Crippen LogP contribution in [0.5, 0.6) is 6.01 Å². The Hall–Kier alpha value is -2.75. The van der Waals surface area contributed by atoms with Crippen LogP contribution in [0.25, 0.3) is 0 Å². The maximum absolute atomic E-state index is 14.3. The Bertz CT molecular complexity index is 946. The molecule has 0 saturated carbocycles. The molecule has 1 aromatic rings. The van der Waals surface area contributed by atoms with Crippen LogP contribution in [-0.4, -0.2) is 94.5 Å². The average Bonchev–Trinajstić information content (AvgIpc) is 3.24. The maximum Gasteiger partial charge on any atom is 0.321 e. The molecule has 0 unspecified atom stereocenters. The lowest BCUT2D eigenvalue weighted by Crippen LogP contribution is -2.58. The number of rotatable bonds is 3. The third-order valence-electron chi connectivity index (χ3n) is 6.47. The summed E-state index contributed by atoms with van der Waals surface area (Å²) in [6.07, 6.45) is 1.08. The van der Waals surface area contributed by atoms with E-state index in [1.54, 1.807) is 0 Å². The number of amidine groups is 1. The topological polar surface area (TPSA) is 86.2 Å². The number of anilines is 1. The maximum atomic E-state index is 14.3. The van der Waals surface area contributed by atoms with E-state index in [1.165, 1.54) is 0 Å². The van der Waals surface area contributed by atoms with Crippen LogP contribution in [0.15, 0.2) is 22.3 Å². The van der Waals surface area contributed by atoms with Gasteiger partial charge in [-0.3, -0.25) is 4.99 Å². The van der Waals surface area contributed by atoms with E-state index >= 15 is 0 Å². The second-order valence-electron chi connectivity index (χ2n) is 8.73. The molecule has 3 aliphatic rings. The molecule has 168 valence electrons. The fourth-order valence-electron chi connectivity index (χ4n) is 4.31. The van der Waals surface area contributed by atoms with Crippen LogP contribution in [0.2, 0.25) is 0 Å². The number of nitrogens with one attached hydrogen (secondary N) is 1. The minimum Gasteiger partial charge on any atom is -0.464 e. The smallest absolute Gasteiger partial charge is 0.321 e. The van der Waals surface area contributed by atoms with Gasteiger partial charge in [-0.25, -0.2) is 14.2 Å². The zero-order valence-electron chi connectivity index (χ0n) is 18.8. The SMILES string of the molecule is CCOc1ncc(F)c(NC2=NCC3=C2CN(C(=O)N2CCN(C)[C@H](C)C2)C3(C)C)n1. The first-order valence-electron chi connectivity index (χ1n) is 10.7. The largest absolute Gasteiger partial charge is 0.464 e. The van der Waals surface area contributed by atoms with Crippen molar-refractivity contribution in [3.05, 3.63) is 23.2 Å². The fraction of sp³-hybridized carbons (Fsp3) is 0.619. The van der Waals surface area contributed by atoms with Crippen LogP contribution >= 0.6 is 0 Å². The molecule has 10 heteroatoms. The van der Waals surface area contributed by atoms with Crippen molar-refractivity contribution in [2.45, 2.75) is 39.3 Å². The van der Waals surface area contributed by atoms with E-state index in [1.807, 2.05) is 30.6 Å². The number of hydrogen-bond donors (Lipinski definition) is 1. The second kappa shape index (κ2) is 8.07. The van der Waals surface area contributed by atoms with Gasteiger partial charge in [0, 0.05) is 31.2 Å². The van der Waals surface area contributed by atoms with Crippen LogP contribution < -0.4 is 10.1 Å². The molecule has 1 N–H and O–H groups in total. The number of ether oxygens (including phenoxy) is 1. The quantitative estimate of drug-likeness (QED) is 0.788. The van der Waals surface area contributed by atoms with Gasteiger partial charge in [0.25, 0.3) is 0 Å². The minimum atomic E-state index is -0.586. The van der Waals surface area contributed by atoms with Gasteiger partial charge in [-0.05, 0) is 40.3 Å². The third kappa shape index (κ3) is 3.84. The van der Waals surface area contributed by atoms with Crippen molar-refractivity contribution in [3.8, 4) is 6.01 Å². The molecule has 2 amide bonds. The Morgan fingerprint density at radius 1 is 1.39 bits per heavy atom. The van der Waals surface area contributed by atoms with Crippen molar-refractivity contribution >= 4 is 17.7 Å². The molecule has 9 nitrogen and oxygen atoms in total. The number of nitrogens with zero attached hydrogens (tertiary/aromatic N) is 6. The third-order valence-corrected chi connectivity index (χ3v) is 6.47. The van der Waals surface area contributed by atoms with E-state index < -0.39 is 11.4 Å². The molecule has 1 saturated heterocycles. The lowest BCUT2D eigenvalue weighted by molar-refractivity contribution is 0.0845. The Balaban J connectivity index is 1.51. The molecule has 0 spiro atoms. The van der Waals surface area contributed by atoms with Crippen molar-refractivity contribution < 1.29 is 13.9 Å². The molecule has 0 bridgehead atoms. The van der Waals surface area contributed by atoms with E-state index in [-0.39, 0.29) is 17.9 Å². The second-order valence-corrected chi connectivity index (χ2v) is 8.73. The molecule has 0 aromatic carbocycles. The summed E-state index contributed by atoms with van der Waals surface area (Å²) in [6.45, 7) is 11.6. The van der Waals surface area contributed by atoms with Crippen molar-refractivity contribution in [2.75, 3.05) is 51.7 Å². The predicted molar refractivity (Wildman–Crippen MR) is 116 cm³/mol. The molecule has 0 aliphatic carbocycles. The average molecular weight is 432 g/mol. The monoisotopic (exact) mass is 431 g/mol. The summed E-state index contributed by atoms with van der Waals surface area (Å²) >= 11 is 0. The van der Waals surface area contributed by atoms with E-state index in [9.17, 15) is 9.18 Å². The van der Waals surface area contributed by atoms with Gasteiger partial charge in [-0.2, -0.15) is 4.98 Å². The van der Waals surface area contributed by atoms with Gasteiger partial charge in [-0.1, -0.05) is 0 Å². The lowest BCUT2D eigenvalue weighted by Gasteiger charge is -2.43. The molecule has 1 atom stereocenters. The highest BCUT2D eigenvalue weighted by Gasteiger charge is 2.47. The van der Waals surface area contributed by atoms with Crippen LogP contribution in [0.3, 0.4) is 0 Å². The molecular weight excluding hydrogens is 401 g/mol. The van der Waals surface area contributed by atoms with Gasteiger partial charge in [-0.15, -0.1) is 0 Å². The number of aliphatic imine (C=N–C) groups is 1. The summed E-state index contributed by atoms with van der Waals surface area (Å²) in [6, 6.07) is 0.458. The number of amides is 2. The molecule has 4 heterocycles. The molecule has 31 heavy (non-hydrogen) atoms. The minimum absolute atomic E-state index is 0.0152. The van der Waals surface area contributed by atoms with Crippen LogP contribution in [0, 0.1) is 5.82 Å². The van der Waals surface area contributed by atoms with E-state index in [2.05, 4.69) is 39.1 Å². The number of hydrogen-bond acceptors (Lipinski definition) is 7. The fourth-order valence-corrected chi connectivity index (χ4v) is 4.31. The number of aromatic nitrogens is 2. The zero-order chi connectivity index (χ0) is 22.3. The summed E-state index contributed by atoms with van der Waals surface area (Å²) in [4.78, 5) is 32.0. The molecule has 1 fully saturated rings. The highest BCUT2D eigenvalue weighted by molar-refractivity contribution is 6.11. The van der Waals surface area contributed by atoms with Crippen molar-refractivity contribution in [1.82, 2.24) is 24.7 Å². The van der Waals surface area contributed by atoms with Crippen LogP contribution in [0.1, 0.15) is 27.7 Å². The summed E-state index contributed by atoms with van der Waals surface area (Å²) in [7, 11) is 2.08. The van der Waals surface area contributed by atoms with Crippen molar-refractivity contribution in [2.24, 2.45) is 4.99 Å². The molecular formula is C21H30FN7O2. The molecule has 4 rings (SSSR count). The van der Waals surface area contributed by atoms with Gasteiger partial charge in [0.1, 0.15) is 5.84 Å². The van der Waals surface area contributed by atoms with Gasteiger partial charge >= 0.3 is 12.0 Å². The number of urea groups is 1. The normalized spacial score (nSPS) is 23.2. The Morgan fingerprint density at radius 2 is 2.16 bits per heavy atom. The first-order chi connectivity index (χ1) is 14.7. The zero-order valence-corrected chi connectivity index (χ0v) is 18.8. The summed E-state index contributed by atoms with van der Waals surface area (Å²) in [5.74, 6) is -0.0246. The summed E-state index contributed by atoms with van der Waals surface area (Å²) in [5, 5.41) is 3.00. The van der Waals surface area contributed by atoms with Crippen LogP contribution in [-0.2, 0) is 0 Å². The Labute approximate surface area is 182 Å².